The van der Waals surface area contributed by atoms with Gasteiger partial charge in [0.25, 0.3) is 0 Å². The first-order valence-corrected chi connectivity index (χ1v) is 3.16. The van der Waals surface area contributed by atoms with Crippen LogP contribution in [0.25, 0.3) is 0 Å². The normalized spacial score (nSPS) is 13.4. The lowest BCUT2D eigenvalue weighted by Gasteiger charge is -2.08. The van der Waals surface area contributed by atoms with Gasteiger partial charge in [-0.2, -0.15) is 0 Å². The molecule has 1 atom stereocenters. The van der Waals surface area contributed by atoms with E-state index in [1.165, 1.54) is 0 Å². The Labute approximate surface area is 59.3 Å². The predicted molar refractivity (Wildman–Crippen MR) is 37.5 cm³/mol. The van der Waals surface area contributed by atoms with Crippen molar-refractivity contribution in [2.75, 3.05) is 13.7 Å². The molecule has 1 rings (SSSR count). The second-order valence-electron chi connectivity index (χ2n) is 2.00. The Bertz CT molecular complexity index is 169. The Morgan fingerprint density at radius 2 is 2.70 bits per heavy atom. The number of aliphatic hydroxyl groups is 1. The molecule has 0 unspecified atom stereocenters. The summed E-state index contributed by atoms with van der Waals surface area (Å²) in [6.45, 7) is 0.0595. The van der Waals surface area contributed by atoms with Gasteiger partial charge in [-0.15, -0.1) is 0 Å². The number of hydrogen-bond acceptors (Lipinski definition) is 3. The van der Waals surface area contributed by atoms with Crippen molar-refractivity contribution in [1.29, 1.82) is 0 Å². The minimum Gasteiger partial charge on any atom is -0.394 e. The van der Waals surface area contributed by atoms with E-state index in [-0.39, 0.29) is 12.6 Å². The first kappa shape index (κ1) is 7.24. The summed E-state index contributed by atoms with van der Waals surface area (Å²) in [5.74, 6) is 0.769. The Morgan fingerprint density at radius 3 is 3.10 bits per heavy atom. The number of nitrogens with zero attached hydrogens (tertiary/aromatic N) is 1. The Hall–Kier alpha value is -0.870. The molecule has 0 fully saturated rings. The zero-order valence-corrected chi connectivity index (χ0v) is 5.83. The van der Waals surface area contributed by atoms with Crippen LogP contribution >= 0.6 is 0 Å². The largest absolute Gasteiger partial charge is 0.394 e. The predicted octanol–water partition coefficient (Wildman–Crippen LogP) is -0.338. The molecular weight excluding hydrogens is 130 g/mol. The molecule has 56 valence electrons. The van der Waals surface area contributed by atoms with E-state index in [9.17, 15) is 0 Å². The van der Waals surface area contributed by atoms with Gasteiger partial charge in [0.15, 0.2) is 0 Å². The van der Waals surface area contributed by atoms with E-state index in [4.69, 9.17) is 5.11 Å². The number of H-pyrrole nitrogens is 1. The van der Waals surface area contributed by atoms with Crippen molar-refractivity contribution >= 4 is 0 Å². The summed E-state index contributed by atoms with van der Waals surface area (Å²) in [4.78, 5) is 6.89. The molecule has 0 aliphatic rings. The number of nitrogens with one attached hydrogen (secondary N) is 2. The Kier molecular flexibility index (Phi) is 2.42. The maximum Gasteiger partial charge on any atom is 0.125 e. The molecule has 0 aromatic carbocycles. The van der Waals surface area contributed by atoms with Gasteiger partial charge in [-0.05, 0) is 7.05 Å². The molecule has 1 aromatic rings. The van der Waals surface area contributed by atoms with Crippen LogP contribution in [0, 0.1) is 0 Å². The molecular formula is C6H11N3O. The molecule has 3 N–H and O–H groups in total. The van der Waals surface area contributed by atoms with Crippen LogP contribution < -0.4 is 5.32 Å². The van der Waals surface area contributed by atoms with Crippen LogP contribution in [-0.4, -0.2) is 28.7 Å². The molecule has 0 spiro atoms. The quantitative estimate of drug-likeness (QED) is 0.539. The molecule has 4 nitrogen and oxygen atoms in total. The van der Waals surface area contributed by atoms with Crippen molar-refractivity contribution < 1.29 is 5.11 Å². The van der Waals surface area contributed by atoms with Crippen molar-refractivity contribution in [2.45, 2.75) is 6.04 Å². The molecule has 0 aliphatic heterocycles. The van der Waals surface area contributed by atoms with E-state index in [0.717, 1.165) is 5.82 Å². The van der Waals surface area contributed by atoms with Gasteiger partial charge in [0.2, 0.25) is 0 Å². The fraction of sp³-hybridized carbons (Fsp3) is 0.500. The number of imidazole rings is 1. The van der Waals surface area contributed by atoms with Crippen LogP contribution in [0.5, 0.6) is 0 Å². The van der Waals surface area contributed by atoms with E-state index in [0.29, 0.717) is 0 Å². The summed E-state index contributed by atoms with van der Waals surface area (Å²) in [7, 11) is 1.78. The van der Waals surface area contributed by atoms with E-state index >= 15 is 0 Å². The van der Waals surface area contributed by atoms with Gasteiger partial charge >= 0.3 is 0 Å². The van der Waals surface area contributed by atoms with Gasteiger partial charge in [0.05, 0.1) is 12.6 Å². The zero-order valence-electron chi connectivity index (χ0n) is 5.83. The zero-order chi connectivity index (χ0) is 7.40. The third-order valence-corrected chi connectivity index (χ3v) is 1.38. The van der Waals surface area contributed by atoms with Gasteiger partial charge in [0, 0.05) is 12.4 Å². The van der Waals surface area contributed by atoms with Gasteiger partial charge in [-0.1, -0.05) is 0 Å². The fourth-order valence-electron chi connectivity index (χ4n) is 0.783. The number of rotatable bonds is 3. The van der Waals surface area contributed by atoms with Crippen molar-refractivity contribution in [1.82, 2.24) is 15.3 Å². The SMILES string of the molecule is CN[C@H](CO)c1ncc[nH]1. The third-order valence-electron chi connectivity index (χ3n) is 1.38. The Morgan fingerprint density at radius 1 is 1.90 bits per heavy atom. The van der Waals surface area contributed by atoms with Crippen LogP contribution in [0.15, 0.2) is 12.4 Å². The maximum atomic E-state index is 8.78. The first-order valence-electron chi connectivity index (χ1n) is 3.16. The minimum atomic E-state index is -0.0741. The summed E-state index contributed by atoms with van der Waals surface area (Å²) >= 11 is 0. The van der Waals surface area contributed by atoms with E-state index in [1.807, 2.05) is 0 Å². The molecule has 0 radical (unpaired) electrons. The lowest BCUT2D eigenvalue weighted by atomic mass is 10.3. The van der Waals surface area contributed by atoms with Gasteiger partial charge in [0.1, 0.15) is 5.82 Å². The van der Waals surface area contributed by atoms with Crippen molar-refractivity contribution in [3.63, 3.8) is 0 Å². The highest BCUT2D eigenvalue weighted by atomic mass is 16.3. The highest BCUT2D eigenvalue weighted by Crippen LogP contribution is 2.03. The Balaban J connectivity index is 2.64. The number of likely N-dealkylation sites (N-methyl/N-ethyl adjacent to an activating group) is 1. The topological polar surface area (TPSA) is 60.9 Å². The molecule has 0 saturated carbocycles. The molecule has 0 aliphatic carbocycles. The molecule has 4 heteroatoms. The number of aromatic nitrogens is 2. The number of aromatic amines is 1. The average molecular weight is 141 g/mol. The van der Waals surface area contributed by atoms with Crippen LogP contribution in [0.4, 0.5) is 0 Å². The standard InChI is InChI=1S/C6H11N3O/c1-7-5(4-10)6-8-2-3-9-6/h2-3,5,7,10H,4H2,1H3,(H,8,9)/t5-/m1/s1. The van der Waals surface area contributed by atoms with Crippen LogP contribution in [0.3, 0.4) is 0 Å². The molecule has 10 heavy (non-hydrogen) atoms. The van der Waals surface area contributed by atoms with Crippen molar-refractivity contribution in [3.8, 4) is 0 Å². The first-order chi connectivity index (χ1) is 4.88. The fourth-order valence-corrected chi connectivity index (χ4v) is 0.783. The highest BCUT2D eigenvalue weighted by molar-refractivity contribution is 4.94. The lowest BCUT2D eigenvalue weighted by Crippen LogP contribution is -2.21. The molecule has 0 amide bonds. The number of aliphatic hydroxyl groups excluding tert-OH is 1. The van der Waals surface area contributed by atoms with Crippen molar-refractivity contribution in [3.05, 3.63) is 18.2 Å². The minimum absolute atomic E-state index is 0.0595. The second-order valence-corrected chi connectivity index (χ2v) is 2.00. The smallest absolute Gasteiger partial charge is 0.125 e. The van der Waals surface area contributed by atoms with Crippen LogP contribution in [0.2, 0.25) is 0 Å². The maximum absolute atomic E-state index is 8.78. The molecule has 0 bridgehead atoms. The monoisotopic (exact) mass is 141 g/mol. The average Bonchev–Trinajstić information content (AvgIpc) is 2.43. The lowest BCUT2D eigenvalue weighted by molar-refractivity contribution is 0.246. The van der Waals surface area contributed by atoms with E-state index in [2.05, 4.69) is 15.3 Å². The summed E-state index contributed by atoms with van der Waals surface area (Å²) in [5.41, 5.74) is 0. The van der Waals surface area contributed by atoms with Crippen LogP contribution in [0.1, 0.15) is 11.9 Å². The highest BCUT2D eigenvalue weighted by Gasteiger charge is 2.07. The van der Waals surface area contributed by atoms with Gasteiger partial charge in [-0.3, -0.25) is 0 Å². The summed E-state index contributed by atoms with van der Waals surface area (Å²) in [6.07, 6.45) is 3.39. The third kappa shape index (κ3) is 1.34. The summed E-state index contributed by atoms with van der Waals surface area (Å²) < 4.78 is 0. The second kappa shape index (κ2) is 3.34. The van der Waals surface area contributed by atoms with E-state index in [1.54, 1.807) is 19.4 Å². The van der Waals surface area contributed by atoms with Gasteiger partial charge in [-0.25, -0.2) is 4.98 Å². The summed E-state index contributed by atoms with van der Waals surface area (Å²) in [6, 6.07) is -0.0741. The number of hydrogen-bond donors (Lipinski definition) is 3. The summed E-state index contributed by atoms with van der Waals surface area (Å²) in [5, 5.41) is 11.7. The van der Waals surface area contributed by atoms with E-state index < -0.39 is 0 Å². The van der Waals surface area contributed by atoms with Gasteiger partial charge < -0.3 is 15.4 Å². The molecule has 1 heterocycles. The molecule has 0 saturated heterocycles. The van der Waals surface area contributed by atoms with Crippen molar-refractivity contribution in [2.24, 2.45) is 0 Å². The molecule has 1 aromatic heterocycles. The van der Waals surface area contributed by atoms with Crippen LogP contribution in [-0.2, 0) is 0 Å².